The molecule has 3 heterocycles. The number of nitrogens with one attached hydrogen (secondary N) is 1. The number of likely N-dealkylation sites (tertiary alicyclic amines) is 2. The third-order valence-corrected chi connectivity index (χ3v) is 11.1. The highest BCUT2D eigenvalue weighted by atomic mass is 32.2. The molecule has 0 spiro atoms. The summed E-state index contributed by atoms with van der Waals surface area (Å²) in [5.41, 5.74) is 5.55. The van der Waals surface area contributed by atoms with Crippen LogP contribution in [0.1, 0.15) is 60.0 Å². The third kappa shape index (κ3) is 6.18. The average molecular weight is 621 g/mol. The van der Waals surface area contributed by atoms with E-state index in [4.69, 9.17) is 4.98 Å². The van der Waals surface area contributed by atoms with Crippen LogP contribution in [0.3, 0.4) is 0 Å². The Hall–Kier alpha value is -3.53. The fourth-order valence-corrected chi connectivity index (χ4v) is 8.02. The van der Waals surface area contributed by atoms with Gasteiger partial charge in [0.2, 0.25) is 0 Å². The van der Waals surface area contributed by atoms with Crippen LogP contribution in [0.25, 0.3) is 22.2 Å². The van der Waals surface area contributed by atoms with E-state index in [0.29, 0.717) is 29.1 Å². The molecule has 45 heavy (non-hydrogen) atoms. The Labute approximate surface area is 267 Å². The summed E-state index contributed by atoms with van der Waals surface area (Å²) in [4.78, 5) is 25.1. The molecule has 3 aliphatic rings. The summed E-state index contributed by atoms with van der Waals surface area (Å²) < 4.78 is 25.4. The summed E-state index contributed by atoms with van der Waals surface area (Å²) in [6, 6.07) is 24.0. The zero-order valence-electron chi connectivity index (χ0n) is 26.3. The molecule has 2 saturated heterocycles. The zero-order valence-corrected chi connectivity index (χ0v) is 27.1. The molecule has 4 aromatic rings. The number of amides is 1. The molecule has 232 valence electrons. The number of rotatable bonds is 8. The Kier molecular flexibility index (Phi) is 8.04. The molecule has 0 unspecified atom stereocenters. The molecule has 1 N–H and O–H groups in total. The van der Waals surface area contributed by atoms with E-state index in [0.717, 1.165) is 66.6 Å². The molecule has 1 aliphatic carbocycles. The molecule has 9 heteroatoms. The van der Waals surface area contributed by atoms with Crippen molar-refractivity contribution in [2.45, 2.75) is 61.5 Å². The lowest BCUT2D eigenvalue weighted by atomic mass is 9.90. The molecule has 1 amide bonds. The van der Waals surface area contributed by atoms with Crippen molar-refractivity contribution < 1.29 is 13.2 Å². The lowest BCUT2D eigenvalue weighted by Gasteiger charge is -2.37. The van der Waals surface area contributed by atoms with Gasteiger partial charge in [0.1, 0.15) is 7.85 Å². The normalized spacial score (nSPS) is 19.1. The molecule has 7 nitrogen and oxygen atoms in total. The number of pyridine rings is 1. The van der Waals surface area contributed by atoms with Crippen molar-refractivity contribution in [3.63, 3.8) is 0 Å². The number of carbonyl (C=O) groups excluding carboxylic acids is 1. The first-order chi connectivity index (χ1) is 21.7. The summed E-state index contributed by atoms with van der Waals surface area (Å²) in [6.45, 7) is 4.87. The van der Waals surface area contributed by atoms with Gasteiger partial charge in [-0.15, -0.1) is 0 Å². The van der Waals surface area contributed by atoms with Crippen LogP contribution >= 0.6 is 0 Å². The molecule has 0 bridgehead atoms. The second-order valence-electron chi connectivity index (χ2n) is 13.3. The largest absolute Gasteiger partial charge is 0.342 e. The van der Waals surface area contributed by atoms with Crippen molar-refractivity contribution in [1.29, 1.82) is 0 Å². The quantitative estimate of drug-likeness (QED) is 0.300. The van der Waals surface area contributed by atoms with E-state index in [2.05, 4.69) is 53.3 Å². The number of aromatic nitrogens is 1. The summed E-state index contributed by atoms with van der Waals surface area (Å²) in [7, 11) is -1.43. The minimum Gasteiger partial charge on any atom is -0.342 e. The van der Waals surface area contributed by atoms with Crippen molar-refractivity contribution in [3.05, 3.63) is 89.5 Å². The maximum Gasteiger partial charge on any atom is 0.253 e. The van der Waals surface area contributed by atoms with Crippen LogP contribution in [0, 0.1) is 0 Å². The number of benzene rings is 3. The average Bonchev–Trinajstić information content (AvgIpc) is 3.60. The topological polar surface area (TPSA) is 82.6 Å². The molecule has 2 aliphatic heterocycles. The first-order valence-electron chi connectivity index (χ1n) is 16.3. The van der Waals surface area contributed by atoms with E-state index in [1.165, 1.54) is 32.2 Å². The van der Waals surface area contributed by atoms with Gasteiger partial charge in [-0.2, -0.15) is 0 Å². The van der Waals surface area contributed by atoms with E-state index in [-0.39, 0.29) is 10.8 Å². The number of fused-ring (bicyclic) bond motifs is 1. The highest BCUT2D eigenvalue weighted by Crippen LogP contribution is 2.46. The van der Waals surface area contributed by atoms with E-state index in [9.17, 15) is 13.2 Å². The van der Waals surface area contributed by atoms with E-state index in [1.807, 2.05) is 24.3 Å². The van der Waals surface area contributed by atoms with Crippen LogP contribution in [0.2, 0.25) is 0 Å². The van der Waals surface area contributed by atoms with Crippen LogP contribution in [0.15, 0.2) is 77.7 Å². The van der Waals surface area contributed by atoms with Crippen LogP contribution in [0.5, 0.6) is 0 Å². The number of nitrogens with zero attached hydrogens (tertiary/aromatic N) is 3. The van der Waals surface area contributed by atoms with Crippen LogP contribution < -0.4 is 10.8 Å². The first kappa shape index (κ1) is 30.1. The van der Waals surface area contributed by atoms with Gasteiger partial charge in [-0.25, -0.2) is 13.4 Å². The lowest BCUT2D eigenvalue weighted by molar-refractivity contribution is 0.0927. The zero-order chi connectivity index (χ0) is 31.2. The number of carbonyl (C=O) groups is 1. The summed E-state index contributed by atoms with van der Waals surface area (Å²) >= 11 is 0. The third-order valence-electron chi connectivity index (χ3n) is 10.0. The molecule has 3 aromatic carbocycles. The van der Waals surface area contributed by atoms with Gasteiger partial charge in [-0.1, -0.05) is 60.1 Å². The lowest BCUT2D eigenvalue weighted by Crippen LogP contribution is -2.43. The van der Waals surface area contributed by atoms with Gasteiger partial charge in [-0.3, -0.25) is 9.69 Å². The minimum absolute atomic E-state index is 0.176. The maximum atomic E-state index is 14.7. The van der Waals surface area contributed by atoms with Crippen molar-refractivity contribution >= 4 is 40.0 Å². The second kappa shape index (κ2) is 12.0. The molecule has 3 fully saturated rings. The summed E-state index contributed by atoms with van der Waals surface area (Å²) in [6.07, 6.45) is 7.75. The number of hydrogen-bond acceptors (Lipinski definition) is 6. The highest BCUT2D eigenvalue weighted by molar-refractivity contribution is 7.90. The van der Waals surface area contributed by atoms with E-state index >= 15 is 0 Å². The smallest absolute Gasteiger partial charge is 0.253 e. The number of sulfone groups is 1. The van der Waals surface area contributed by atoms with Gasteiger partial charge in [0, 0.05) is 29.8 Å². The molecule has 7 rings (SSSR count). The number of hydrogen-bond donors (Lipinski definition) is 1. The van der Waals surface area contributed by atoms with Crippen molar-refractivity contribution in [2.75, 3.05) is 32.4 Å². The fourth-order valence-electron chi connectivity index (χ4n) is 7.38. The van der Waals surface area contributed by atoms with Gasteiger partial charge < -0.3 is 10.2 Å². The Morgan fingerprint density at radius 2 is 1.69 bits per heavy atom. The van der Waals surface area contributed by atoms with E-state index in [1.54, 1.807) is 18.2 Å². The molecule has 1 saturated carbocycles. The van der Waals surface area contributed by atoms with E-state index < -0.39 is 15.4 Å². The van der Waals surface area contributed by atoms with Crippen molar-refractivity contribution in [2.24, 2.45) is 0 Å². The van der Waals surface area contributed by atoms with Crippen LogP contribution in [-0.4, -0.2) is 75.4 Å². The van der Waals surface area contributed by atoms with Crippen LogP contribution in [-0.2, 0) is 21.9 Å². The van der Waals surface area contributed by atoms with Gasteiger partial charge in [0.25, 0.3) is 5.91 Å². The minimum atomic E-state index is -3.50. The summed E-state index contributed by atoms with van der Waals surface area (Å²) in [5.74, 6) is -0.176. The Morgan fingerprint density at radius 3 is 2.36 bits per heavy atom. The van der Waals surface area contributed by atoms with Gasteiger partial charge in [0.05, 0.1) is 27.2 Å². The maximum absolute atomic E-state index is 14.7. The monoisotopic (exact) mass is 620 g/mol. The second-order valence-corrected chi connectivity index (χ2v) is 15.3. The SMILES string of the molecule is Bc1cccc(-c2nc3ccc(S(C)(=O)=O)cc3c(C(=O)NC3(c4ccccc4)CC3)c2CN2CCC(N3CCCC3)CC2)c1. The van der Waals surface area contributed by atoms with Gasteiger partial charge in [-0.05, 0) is 94.0 Å². The molecular formula is C36H41BN4O3S. The van der Waals surface area contributed by atoms with Gasteiger partial charge >= 0.3 is 0 Å². The number of piperidine rings is 1. The predicted molar refractivity (Wildman–Crippen MR) is 182 cm³/mol. The van der Waals surface area contributed by atoms with Gasteiger partial charge in [0.15, 0.2) is 9.84 Å². The highest BCUT2D eigenvalue weighted by Gasteiger charge is 2.46. The van der Waals surface area contributed by atoms with Crippen molar-refractivity contribution in [3.8, 4) is 11.3 Å². The summed E-state index contributed by atoms with van der Waals surface area (Å²) in [5, 5.41) is 4.00. The standard InChI is InChI=1S/C36H41BN4O3S/c1-45(43,44)29-12-13-32-30(23-29)33(35(42)39-36(16-17-36)26-9-3-2-4-10-26)31(34(38-32)25-8-7-11-27(37)22-25)24-40-20-14-28(15-21-40)41-18-5-6-19-41/h2-4,7-13,22-23,28H,5-6,14-21,24,37H2,1H3,(H,39,42). The molecular weight excluding hydrogens is 579 g/mol. The fraction of sp³-hybridized carbons (Fsp3) is 0.389. The Morgan fingerprint density at radius 1 is 0.956 bits per heavy atom. The Bertz CT molecular complexity index is 1850. The van der Waals surface area contributed by atoms with Crippen molar-refractivity contribution in [1.82, 2.24) is 20.1 Å². The molecule has 1 aromatic heterocycles. The predicted octanol–water partition coefficient (Wildman–Crippen LogP) is 4.04. The van der Waals surface area contributed by atoms with Crippen LogP contribution in [0.4, 0.5) is 0 Å². The first-order valence-corrected chi connectivity index (χ1v) is 18.2. The molecule has 0 atom stereocenters. The Balaban J connectivity index is 1.35. The molecule has 0 radical (unpaired) electrons.